The lowest BCUT2D eigenvalue weighted by atomic mass is 9.97. The molecule has 3 aromatic carbocycles. The van der Waals surface area contributed by atoms with Crippen molar-refractivity contribution in [3.63, 3.8) is 0 Å². The summed E-state index contributed by atoms with van der Waals surface area (Å²) in [6.45, 7) is 6.03. The topological polar surface area (TPSA) is 112 Å². The van der Waals surface area contributed by atoms with E-state index in [1.54, 1.807) is 19.3 Å². The molecular weight excluding hydrogens is 552 g/mol. The molecule has 3 N–H and O–H groups in total. The number of anilines is 1. The van der Waals surface area contributed by atoms with Gasteiger partial charge in [-0.1, -0.05) is 61.2 Å². The van der Waals surface area contributed by atoms with E-state index in [4.69, 9.17) is 4.98 Å². The number of rotatable bonds is 8. The van der Waals surface area contributed by atoms with Crippen molar-refractivity contribution < 1.29 is 9.59 Å². The molecule has 0 radical (unpaired) electrons. The summed E-state index contributed by atoms with van der Waals surface area (Å²) in [4.78, 5) is 47.0. The predicted molar refractivity (Wildman–Crippen MR) is 173 cm³/mol. The lowest BCUT2D eigenvalue weighted by molar-refractivity contribution is -0.111. The van der Waals surface area contributed by atoms with Crippen LogP contribution in [-0.4, -0.2) is 51.4 Å². The minimum absolute atomic E-state index is 0.0699. The van der Waals surface area contributed by atoms with E-state index in [9.17, 15) is 14.4 Å². The molecule has 1 aliphatic rings. The van der Waals surface area contributed by atoms with Gasteiger partial charge in [-0.2, -0.15) is 0 Å². The number of carbonyl (C=O) groups is 2. The number of benzene rings is 3. The molecule has 9 heteroatoms. The van der Waals surface area contributed by atoms with Crippen molar-refractivity contribution in [1.82, 2.24) is 24.8 Å². The zero-order valence-electron chi connectivity index (χ0n) is 24.5. The van der Waals surface area contributed by atoms with Gasteiger partial charge in [0.05, 0.1) is 22.3 Å². The normalized spacial score (nSPS) is 13.9. The van der Waals surface area contributed by atoms with E-state index in [-0.39, 0.29) is 23.5 Å². The van der Waals surface area contributed by atoms with Crippen LogP contribution in [0, 0.1) is 0 Å². The third-order valence-corrected chi connectivity index (χ3v) is 8.19. The Bertz CT molecular complexity index is 1880. The molecule has 0 atom stereocenters. The van der Waals surface area contributed by atoms with Gasteiger partial charge in [0.2, 0.25) is 5.91 Å². The Kier molecular flexibility index (Phi) is 8.21. The van der Waals surface area contributed by atoms with E-state index < -0.39 is 0 Å². The number of hydrogen-bond acceptors (Lipinski definition) is 5. The van der Waals surface area contributed by atoms with Gasteiger partial charge >= 0.3 is 5.69 Å². The molecule has 0 spiro atoms. The van der Waals surface area contributed by atoms with Crippen molar-refractivity contribution in [2.75, 3.05) is 25.5 Å². The molecule has 3 heterocycles. The lowest BCUT2D eigenvalue weighted by Gasteiger charge is -2.32. The van der Waals surface area contributed by atoms with Gasteiger partial charge in [-0.05, 0) is 54.3 Å². The third-order valence-electron chi connectivity index (χ3n) is 8.19. The minimum Gasteiger partial charge on any atom is -0.355 e. The lowest BCUT2D eigenvalue weighted by Crippen LogP contribution is -2.36. The fraction of sp³-hybridized carbons (Fsp3) is 0.200. The van der Waals surface area contributed by atoms with Crippen molar-refractivity contribution in [2.45, 2.75) is 25.4 Å². The number of nitrogens with one attached hydrogen (secondary N) is 3. The largest absolute Gasteiger partial charge is 0.355 e. The number of hydrogen-bond donors (Lipinski definition) is 3. The van der Waals surface area contributed by atoms with E-state index in [0.29, 0.717) is 11.3 Å². The van der Waals surface area contributed by atoms with Gasteiger partial charge < -0.3 is 15.6 Å². The van der Waals surface area contributed by atoms with E-state index in [0.717, 1.165) is 65.9 Å². The second-order valence-corrected chi connectivity index (χ2v) is 11.0. The van der Waals surface area contributed by atoms with Gasteiger partial charge in [0, 0.05) is 55.7 Å². The maximum atomic E-state index is 12.9. The smallest absolute Gasteiger partial charge is 0.326 e. The molecule has 5 aromatic rings. The Labute approximate surface area is 255 Å². The Morgan fingerprint density at radius 1 is 1.00 bits per heavy atom. The quantitative estimate of drug-likeness (QED) is 0.212. The summed E-state index contributed by atoms with van der Waals surface area (Å²) in [6, 6.07) is 25.8. The molecule has 44 heavy (non-hydrogen) atoms. The summed E-state index contributed by atoms with van der Waals surface area (Å²) in [5.41, 5.74) is 7.47. The highest BCUT2D eigenvalue weighted by molar-refractivity contribution is 6.00. The minimum atomic E-state index is -0.290. The number of imidazole rings is 1. The summed E-state index contributed by atoms with van der Waals surface area (Å²) in [5.74, 6) is -0.460. The van der Waals surface area contributed by atoms with Crippen LogP contribution < -0.4 is 16.3 Å². The van der Waals surface area contributed by atoms with Crippen molar-refractivity contribution in [2.24, 2.45) is 0 Å². The Morgan fingerprint density at radius 3 is 2.45 bits per heavy atom. The van der Waals surface area contributed by atoms with Gasteiger partial charge in [0.1, 0.15) is 0 Å². The van der Waals surface area contributed by atoms with E-state index in [2.05, 4.69) is 51.4 Å². The van der Waals surface area contributed by atoms with Gasteiger partial charge in [0.15, 0.2) is 0 Å². The summed E-state index contributed by atoms with van der Waals surface area (Å²) >= 11 is 0. The van der Waals surface area contributed by atoms with Gasteiger partial charge in [0.25, 0.3) is 5.91 Å². The molecule has 1 saturated heterocycles. The first-order valence-corrected chi connectivity index (χ1v) is 14.7. The number of carbonyl (C=O) groups excluding carboxylic acids is 2. The van der Waals surface area contributed by atoms with Crippen LogP contribution in [0.1, 0.15) is 34.8 Å². The van der Waals surface area contributed by atoms with Crippen LogP contribution in [0.4, 0.5) is 5.69 Å². The Balaban J connectivity index is 1.15. The van der Waals surface area contributed by atoms with Crippen LogP contribution in [0.25, 0.3) is 33.4 Å². The fourth-order valence-electron chi connectivity index (χ4n) is 5.92. The number of amides is 2. The van der Waals surface area contributed by atoms with Crippen molar-refractivity contribution in [3.05, 3.63) is 119 Å². The van der Waals surface area contributed by atoms with Crippen LogP contribution in [0.15, 0.2) is 103 Å². The van der Waals surface area contributed by atoms with Crippen LogP contribution in [0.3, 0.4) is 0 Å². The molecular formula is C35H34N6O3. The van der Waals surface area contributed by atoms with E-state index in [1.165, 1.54) is 11.6 Å². The summed E-state index contributed by atoms with van der Waals surface area (Å²) in [5, 5.41) is 5.46. The number of H-pyrrole nitrogens is 1. The maximum absolute atomic E-state index is 12.9. The Hall–Kier alpha value is -5.28. The van der Waals surface area contributed by atoms with E-state index >= 15 is 0 Å². The van der Waals surface area contributed by atoms with Crippen molar-refractivity contribution in [3.8, 4) is 22.4 Å². The van der Waals surface area contributed by atoms with Gasteiger partial charge in [-0.3, -0.25) is 24.0 Å². The second kappa shape index (κ2) is 12.5. The highest BCUT2D eigenvalue weighted by Crippen LogP contribution is 2.32. The molecule has 6 rings (SSSR count). The summed E-state index contributed by atoms with van der Waals surface area (Å²) in [7, 11) is 1.62. The monoisotopic (exact) mass is 586 g/mol. The van der Waals surface area contributed by atoms with Crippen molar-refractivity contribution >= 4 is 28.5 Å². The number of aromatic nitrogens is 3. The number of fused-ring (bicyclic) bond motifs is 1. The first-order chi connectivity index (χ1) is 21.4. The fourth-order valence-corrected chi connectivity index (χ4v) is 5.92. The molecule has 1 aliphatic heterocycles. The van der Waals surface area contributed by atoms with Gasteiger partial charge in [-0.15, -0.1) is 0 Å². The zero-order valence-corrected chi connectivity index (χ0v) is 24.5. The van der Waals surface area contributed by atoms with Crippen LogP contribution in [-0.2, 0) is 11.3 Å². The molecule has 9 nitrogen and oxygen atoms in total. The number of likely N-dealkylation sites (tertiary alicyclic amines) is 1. The second-order valence-electron chi connectivity index (χ2n) is 11.0. The molecule has 0 unspecified atom stereocenters. The molecule has 2 amide bonds. The highest BCUT2D eigenvalue weighted by Gasteiger charge is 2.24. The molecule has 0 aliphatic carbocycles. The summed E-state index contributed by atoms with van der Waals surface area (Å²) in [6.07, 6.45) is 4.53. The number of aromatic amines is 1. The first-order valence-electron chi connectivity index (χ1n) is 14.7. The first kappa shape index (κ1) is 28.8. The molecule has 0 bridgehead atoms. The Morgan fingerprint density at radius 2 is 1.75 bits per heavy atom. The van der Waals surface area contributed by atoms with Crippen LogP contribution in [0.5, 0.6) is 0 Å². The van der Waals surface area contributed by atoms with Crippen LogP contribution >= 0.6 is 0 Å². The average molecular weight is 587 g/mol. The predicted octanol–water partition coefficient (Wildman–Crippen LogP) is 5.38. The standard InChI is InChI=1S/C35H34N6O3/c1-3-32(42)38-27-13-14-30-31(20-27)41(35(44)39-30)28-15-17-40(18-16-28)22-23-9-11-25(12-10-23)33-29(24-7-5-4-6-8-24)19-26(21-37-33)34(43)36-2/h3-14,19-21,28H,1,15-18,22H2,2H3,(H,36,43)(H,38,42)(H,39,44). The zero-order chi connectivity index (χ0) is 30.6. The average Bonchev–Trinajstić information content (AvgIpc) is 3.40. The number of pyridine rings is 1. The highest BCUT2D eigenvalue weighted by atomic mass is 16.2. The maximum Gasteiger partial charge on any atom is 0.326 e. The summed E-state index contributed by atoms with van der Waals surface area (Å²) < 4.78 is 1.83. The third kappa shape index (κ3) is 5.95. The number of nitrogens with zero attached hydrogens (tertiary/aromatic N) is 3. The van der Waals surface area contributed by atoms with E-state index in [1.807, 2.05) is 53.1 Å². The number of piperidine rings is 1. The van der Waals surface area contributed by atoms with Crippen molar-refractivity contribution in [1.29, 1.82) is 0 Å². The van der Waals surface area contributed by atoms with Crippen LogP contribution in [0.2, 0.25) is 0 Å². The SMILES string of the molecule is C=CC(=O)Nc1ccc2[nH]c(=O)n(C3CCN(Cc4ccc(-c5ncc(C(=O)NC)cc5-c5ccccc5)cc4)CC3)c2c1. The molecule has 2 aromatic heterocycles. The van der Waals surface area contributed by atoms with Gasteiger partial charge in [-0.25, -0.2) is 4.79 Å². The molecule has 222 valence electrons. The molecule has 0 saturated carbocycles. The molecule has 1 fully saturated rings.